The van der Waals surface area contributed by atoms with Crippen LogP contribution in [0.2, 0.25) is 0 Å². The number of aryl methyl sites for hydroxylation is 1. The molecule has 15 heavy (non-hydrogen) atoms. The molecule has 2 N–H and O–H groups in total. The van der Waals surface area contributed by atoms with Crippen molar-refractivity contribution in [1.29, 1.82) is 0 Å². The van der Waals surface area contributed by atoms with Crippen LogP contribution in [0.1, 0.15) is 17.5 Å². The topological polar surface area (TPSA) is 49.3 Å². The average molecular weight is 207 g/mol. The van der Waals surface area contributed by atoms with Crippen molar-refractivity contribution in [1.82, 2.24) is 5.32 Å². The van der Waals surface area contributed by atoms with Gasteiger partial charge in [-0.1, -0.05) is 29.8 Å². The average Bonchev–Trinajstić information content (AvgIpc) is 2.21. The molecule has 1 amide bonds. The van der Waals surface area contributed by atoms with E-state index in [1.165, 1.54) is 11.1 Å². The van der Waals surface area contributed by atoms with Crippen molar-refractivity contribution in [3.8, 4) is 0 Å². The molecule has 0 atom stereocenters. The van der Waals surface area contributed by atoms with Crippen LogP contribution in [0.3, 0.4) is 0 Å². The standard InChI is InChI=1S/C12H17NO2/c1-10-2-4-11(5-3-10)6-8-13-12(15)7-9-14/h2-5,14H,6-9H2,1H3,(H,13,15). The Morgan fingerprint density at radius 1 is 1.33 bits per heavy atom. The molecule has 0 aromatic heterocycles. The van der Waals surface area contributed by atoms with Gasteiger partial charge in [-0.25, -0.2) is 0 Å². The van der Waals surface area contributed by atoms with E-state index in [1.54, 1.807) is 0 Å². The fourth-order valence-electron chi connectivity index (χ4n) is 1.29. The fraction of sp³-hybridized carbons (Fsp3) is 0.417. The number of amides is 1. The predicted molar refractivity (Wildman–Crippen MR) is 59.6 cm³/mol. The largest absolute Gasteiger partial charge is 0.396 e. The Labute approximate surface area is 90.1 Å². The monoisotopic (exact) mass is 207 g/mol. The predicted octanol–water partition coefficient (Wildman–Crippen LogP) is 1.04. The van der Waals surface area contributed by atoms with E-state index >= 15 is 0 Å². The van der Waals surface area contributed by atoms with Gasteiger partial charge < -0.3 is 10.4 Å². The first kappa shape index (κ1) is 11.7. The quantitative estimate of drug-likeness (QED) is 0.757. The molecule has 0 heterocycles. The van der Waals surface area contributed by atoms with E-state index in [0.29, 0.717) is 6.54 Å². The number of carbonyl (C=O) groups is 1. The first-order chi connectivity index (χ1) is 7.22. The van der Waals surface area contributed by atoms with Crippen molar-refractivity contribution in [2.24, 2.45) is 0 Å². The van der Waals surface area contributed by atoms with Crippen molar-refractivity contribution < 1.29 is 9.90 Å². The summed E-state index contributed by atoms with van der Waals surface area (Å²) >= 11 is 0. The van der Waals surface area contributed by atoms with E-state index in [-0.39, 0.29) is 18.9 Å². The Bertz CT molecular complexity index is 306. The van der Waals surface area contributed by atoms with E-state index in [0.717, 1.165) is 6.42 Å². The zero-order valence-electron chi connectivity index (χ0n) is 8.99. The van der Waals surface area contributed by atoms with Crippen molar-refractivity contribution in [3.63, 3.8) is 0 Å². The molecule has 1 aromatic rings. The van der Waals surface area contributed by atoms with E-state index in [9.17, 15) is 4.79 Å². The molecule has 0 aliphatic heterocycles. The van der Waals surface area contributed by atoms with Gasteiger partial charge in [0.1, 0.15) is 0 Å². The second-order valence-electron chi connectivity index (χ2n) is 3.56. The van der Waals surface area contributed by atoms with Crippen LogP contribution in [-0.4, -0.2) is 24.2 Å². The maximum atomic E-state index is 11.0. The highest BCUT2D eigenvalue weighted by Gasteiger charge is 1.98. The van der Waals surface area contributed by atoms with Crippen molar-refractivity contribution in [2.75, 3.05) is 13.2 Å². The molecular formula is C12H17NO2. The normalized spacial score (nSPS) is 10.0. The molecular weight excluding hydrogens is 190 g/mol. The van der Waals surface area contributed by atoms with E-state index in [2.05, 4.69) is 29.6 Å². The Hall–Kier alpha value is -1.35. The third kappa shape index (κ3) is 4.61. The molecule has 0 aliphatic carbocycles. The molecule has 0 aliphatic rings. The lowest BCUT2D eigenvalue weighted by molar-refractivity contribution is -0.121. The number of carbonyl (C=O) groups excluding carboxylic acids is 1. The molecule has 0 radical (unpaired) electrons. The zero-order chi connectivity index (χ0) is 11.1. The van der Waals surface area contributed by atoms with Gasteiger partial charge in [0.15, 0.2) is 0 Å². The van der Waals surface area contributed by atoms with Crippen LogP contribution >= 0.6 is 0 Å². The Balaban J connectivity index is 2.26. The summed E-state index contributed by atoms with van der Waals surface area (Å²) in [7, 11) is 0. The molecule has 1 rings (SSSR count). The summed E-state index contributed by atoms with van der Waals surface area (Å²) in [6, 6.07) is 8.25. The van der Waals surface area contributed by atoms with Gasteiger partial charge >= 0.3 is 0 Å². The summed E-state index contributed by atoms with van der Waals surface area (Å²) < 4.78 is 0. The smallest absolute Gasteiger partial charge is 0.222 e. The number of rotatable bonds is 5. The lowest BCUT2D eigenvalue weighted by Gasteiger charge is -2.04. The summed E-state index contributed by atoms with van der Waals surface area (Å²) in [6.45, 7) is 2.59. The van der Waals surface area contributed by atoms with Gasteiger partial charge in [-0.05, 0) is 18.9 Å². The first-order valence-corrected chi connectivity index (χ1v) is 5.15. The maximum Gasteiger partial charge on any atom is 0.222 e. The summed E-state index contributed by atoms with van der Waals surface area (Å²) in [4.78, 5) is 11.0. The van der Waals surface area contributed by atoms with E-state index < -0.39 is 0 Å². The van der Waals surface area contributed by atoms with Crippen molar-refractivity contribution >= 4 is 5.91 Å². The molecule has 3 nitrogen and oxygen atoms in total. The molecule has 0 spiro atoms. The van der Waals surface area contributed by atoms with Crippen LogP contribution in [0.15, 0.2) is 24.3 Å². The second-order valence-corrected chi connectivity index (χ2v) is 3.56. The van der Waals surface area contributed by atoms with Crippen LogP contribution < -0.4 is 5.32 Å². The Morgan fingerprint density at radius 2 is 2.00 bits per heavy atom. The fourth-order valence-corrected chi connectivity index (χ4v) is 1.29. The molecule has 1 aromatic carbocycles. The maximum absolute atomic E-state index is 11.0. The van der Waals surface area contributed by atoms with Crippen molar-refractivity contribution in [3.05, 3.63) is 35.4 Å². The van der Waals surface area contributed by atoms with Crippen LogP contribution in [0.25, 0.3) is 0 Å². The number of benzene rings is 1. The van der Waals surface area contributed by atoms with Gasteiger partial charge in [-0.2, -0.15) is 0 Å². The number of hydrogen-bond donors (Lipinski definition) is 2. The summed E-state index contributed by atoms with van der Waals surface area (Å²) in [6.07, 6.45) is 1.02. The van der Waals surface area contributed by atoms with Crippen LogP contribution in [-0.2, 0) is 11.2 Å². The van der Waals surface area contributed by atoms with Crippen LogP contribution in [0.4, 0.5) is 0 Å². The van der Waals surface area contributed by atoms with E-state index in [4.69, 9.17) is 5.11 Å². The van der Waals surface area contributed by atoms with Crippen molar-refractivity contribution in [2.45, 2.75) is 19.8 Å². The van der Waals surface area contributed by atoms with Crippen LogP contribution in [0, 0.1) is 6.92 Å². The molecule has 3 heteroatoms. The zero-order valence-corrected chi connectivity index (χ0v) is 8.99. The molecule has 0 unspecified atom stereocenters. The lowest BCUT2D eigenvalue weighted by Crippen LogP contribution is -2.26. The van der Waals surface area contributed by atoms with Gasteiger partial charge in [0.2, 0.25) is 5.91 Å². The van der Waals surface area contributed by atoms with Gasteiger partial charge in [0.05, 0.1) is 6.61 Å². The molecule has 0 bridgehead atoms. The highest BCUT2D eigenvalue weighted by atomic mass is 16.3. The summed E-state index contributed by atoms with van der Waals surface area (Å²) in [5, 5.41) is 11.3. The van der Waals surface area contributed by atoms with Gasteiger partial charge in [0, 0.05) is 13.0 Å². The molecule has 0 saturated heterocycles. The highest BCUT2D eigenvalue weighted by Crippen LogP contribution is 2.02. The lowest BCUT2D eigenvalue weighted by atomic mass is 10.1. The third-order valence-corrected chi connectivity index (χ3v) is 2.20. The SMILES string of the molecule is Cc1ccc(CCNC(=O)CCO)cc1. The first-order valence-electron chi connectivity index (χ1n) is 5.15. The van der Waals surface area contributed by atoms with E-state index in [1.807, 2.05) is 6.92 Å². The molecule has 0 saturated carbocycles. The van der Waals surface area contributed by atoms with Gasteiger partial charge in [-0.15, -0.1) is 0 Å². The number of nitrogens with one attached hydrogen (secondary N) is 1. The highest BCUT2D eigenvalue weighted by molar-refractivity contribution is 5.75. The van der Waals surface area contributed by atoms with Gasteiger partial charge in [-0.3, -0.25) is 4.79 Å². The second kappa shape index (κ2) is 6.19. The number of aliphatic hydroxyl groups excluding tert-OH is 1. The minimum absolute atomic E-state index is 0.0869. The Kier molecular flexibility index (Phi) is 4.84. The van der Waals surface area contributed by atoms with Gasteiger partial charge in [0.25, 0.3) is 0 Å². The van der Waals surface area contributed by atoms with Crippen LogP contribution in [0.5, 0.6) is 0 Å². The molecule has 82 valence electrons. The number of hydrogen-bond acceptors (Lipinski definition) is 2. The third-order valence-electron chi connectivity index (χ3n) is 2.20. The minimum atomic E-state index is -0.0930. The number of aliphatic hydroxyl groups is 1. The Morgan fingerprint density at radius 3 is 2.60 bits per heavy atom. The molecule has 0 fully saturated rings. The summed E-state index contributed by atoms with van der Waals surface area (Å²) in [5.41, 5.74) is 2.45. The summed E-state index contributed by atoms with van der Waals surface area (Å²) in [5.74, 6) is -0.0930. The minimum Gasteiger partial charge on any atom is -0.396 e.